The molecular formula is C27H31N5. The lowest BCUT2D eigenvalue weighted by Gasteiger charge is -2.34. The molecule has 1 aliphatic carbocycles. The van der Waals surface area contributed by atoms with Crippen LogP contribution in [-0.4, -0.2) is 32.5 Å². The van der Waals surface area contributed by atoms with Crippen molar-refractivity contribution in [2.24, 2.45) is 7.05 Å². The molecule has 2 aromatic heterocycles. The molecule has 0 saturated heterocycles. The van der Waals surface area contributed by atoms with Gasteiger partial charge in [-0.15, -0.1) is 0 Å². The van der Waals surface area contributed by atoms with Crippen molar-refractivity contribution in [1.29, 1.82) is 0 Å². The largest absolute Gasteiger partial charge is 0.330 e. The van der Waals surface area contributed by atoms with E-state index < -0.39 is 0 Å². The van der Waals surface area contributed by atoms with Crippen LogP contribution in [0.4, 0.5) is 0 Å². The van der Waals surface area contributed by atoms with E-state index in [0.29, 0.717) is 6.04 Å². The lowest BCUT2D eigenvalue weighted by molar-refractivity contribution is 0.156. The predicted molar refractivity (Wildman–Crippen MR) is 129 cm³/mol. The Morgan fingerprint density at radius 2 is 1.81 bits per heavy atom. The van der Waals surface area contributed by atoms with Crippen LogP contribution >= 0.6 is 0 Å². The van der Waals surface area contributed by atoms with Crippen LogP contribution in [0.15, 0.2) is 66.9 Å². The number of aryl methyl sites for hydroxylation is 2. The van der Waals surface area contributed by atoms with Crippen LogP contribution in [0, 0.1) is 0 Å². The number of nitrogens with zero attached hydrogens (tertiary/aromatic N) is 4. The molecule has 0 spiro atoms. The molecule has 0 radical (unpaired) electrons. The number of para-hydroxylation sites is 2. The summed E-state index contributed by atoms with van der Waals surface area (Å²) in [6.45, 7) is 2.64. The zero-order chi connectivity index (χ0) is 21.9. The van der Waals surface area contributed by atoms with Gasteiger partial charge >= 0.3 is 0 Å². The molecule has 1 aliphatic rings. The Hall–Kier alpha value is -3.02. The van der Waals surface area contributed by atoms with E-state index in [4.69, 9.17) is 9.97 Å². The molecule has 1 unspecified atom stereocenters. The highest BCUT2D eigenvalue weighted by Gasteiger charge is 2.26. The van der Waals surface area contributed by atoms with Gasteiger partial charge in [-0.25, -0.2) is 4.98 Å². The van der Waals surface area contributed by atoms with E-state index in [1.54, 1.807) is 0 Å². The highest BCUT2D eigenvalue weighted by atomic mass is 15.2. The van der Waals surface area contributed by atoms with Gasteiger partial charge in [0.25, 0.3) is 0 Å². The number of benzene rings is 2. The molecule has 0 saturated carbocycles. The molecule has 1 atom stereocenters. The van der Waals surface area contributed by atoms with Crippen molar-refractivity contribution < 1.29 is 0 Å². The Labute approximate surface area is 190 Å². The normalized spacial score (nSPS) is 15.9. The van der Waals surface area contributed by atoms with Gasteiger partial charge < -0.3 is 9.88 Å². The van der Waals surface area contributed by atoms with Gasteiger partial charge in [0.15, 0.2) is 0 Å². The first-order chi connectivity index (χ1) is 15.7. The van der Waals surface area contributed by atoms with Crippen LogP contribution in [0.25, 0.3) is 11.0 Å². The molecule has 2 heterocycles. The molecule has 164 valence electrons. The summed E-state index contributed by atoms with van der Waals surface area (Å²) in [6.07, 6.45) is 5.17. The zero-order valence-corrected chi connectivity index (χ0v) is 19.0. The predicted octanol–water partition coefficient (Wildman–Crippen LogP) is 4.25. The molecule has 0 amide bonds. The summed E-state index contributed by atoms with van der Waals surface area (Å²) in [5.74, 6) is 1.12. The third-order valence-electron chi connectivity index (χ3n) is 6.69. The summed E-state index contributed by atoms with van der Waals surface area (Å²) in [4.78, 5) is 12.3. The van der Waals surface area contributed by atoms with Crippen molar-refractivity contribution in [1.82, 2.24) is 24.8 Å². The monoisotopic (exact) mass is 425 g/mol. The molecule has 0 aliphatic heterocycles. The van der Waals surface area contributed by atoms with Gasteiger partial charge in [0.2, 0.25) is 0 Å². The fraction of sp³-hybridized carbons (Fsp3) is 0.333. The van der Waals surface area contributed by atoms with E-state index in [-0.39, 0.29) is 0 Å². The SMILES string of the molecule is CNCc1ccc(CN(Cc2nc3ccccc3n2C)C2CCc3cccnc3C2)cc1. The molecule has 0 bridgehead atoms. The van der Waals surface area contributed by atoms with Gasteiger partial charge in [-0.1, -0.05) is 42.5 Å². The van der Waals surface area contributed by atoms with Gasteiger partial charge in [0.05, 0.1) is 17.6 Å². The Morgan fingerprint density at radius 1 is 1.00 bits per heavy atom. The van der Waals surface area contributed by atoms with Gasteiger partial charge in [0, 0.05) is 44.5 Å². The first-order valence-electron chi connectivity index (χ1n) is 11.5. The minimum absolute atomic E-state index is 0.453. The second-order valence-electron chi connectivity index (χ2n) is 8.83. The second kappa shape index (κ2) is 9.23. The van der Waals surface area contributed by atoms with Crippen LogP contribution < -0.4 is 5.32 Å². The van der Waals surface area contributed by atoms with Gasteiger partial charge in [-0.3, -0.25) is 9.88 Å². The van der Waals surface area contributed by atoms with Crippen LogP contribution in [0.5, 0.6) is 0 Å². The number of hydrogen-bond acceptors (Lipinski definition) is 4. The Bertz CT molecular complexity index is 1190. The van der Waals surface area contributed by atoms with E-state index in [1.165, 1.54) is 27.9 Å². The third-order valence-corrected chi connectivity index (χ3v) is 6.69. The molecule has 1 N–H and O–H groups in total. The molecule has 5 rings (SSSR count). The van der Waals surface area contributed by atoms with Crippen LogP contribution in [0.3, 0.4) is 0 Å². The average Bonchev–Trinajstić information content (AvgIpc) is 3.15. The van der Waals surface area contributed by atoms with Gasteiger partial charge in [-0.2, -0.15) is 0 Å². The van der Waals surface area contributed by atoms with E-state index in [0.717, 1.165) is 50.2 Å². The van der Waals surface area contributed by atoms with Gasteiger partial charge in [0.1, 0.15) is 5.82 Å². The van der Waals surface area contributed by atoms with E-state index in [1.807, 2.05) is 13.2 Å². The Morgan fingerprint density at radius 3 is 2.62 bits per heavy atom. The summed E-state index contributed by atoms with van der Waals surface area (Å²) < 4.78 is 2.24. The van der Waals surface area contributed by atoms with Crippen LogP contribution in [0.2, 0.25) is 0 Å². The van der Waals surface area contributed by atoms with Gasteiger partial charge in [-0.05, 0) is 54.8 Å². The van der Waals surface area contributed by atoms with E-state index in [2.05, 4.69) is 82.5 Å². The highest BCUT2D eigenvalue weighted by Crippen LogP contribution is 2.26. The minimum Gasteiger partial charge on any atom is -0.330 e. The molecule has 32 heavy (non-hydrogen) atoms. The first kappa shape index (κ1) is 20.9. The van der Waals surface area contributed by atoms with Crippen LogP contribution in [-0.2, 0) is 39.5 Å². The maximum Gasteiger partial charge on any atom is 0.123 e. The first-order valence-corrected chi connectivity index (χ1v) is 11.5. The lowest BCUT2D eigenvalue weighted by atomic mass is 9.90. The number of fused-ring (bicyclic) bond motifs is 2. The van der Waals surface area contributed by atoms with Crippen molar-refractivity contribution in [3.8, 4) is 0 Å². The number of imidazole rings is 1. The average molecular weight is 426 g/mol. The number of nitrogens with one attached hydrogen (secondary N) is 1. The lowest BCUT2D eigenvalue weighted by Crippen LogP contribution is -2.39. The molecular weight excluding hydrogens is 394 g/mol. The molecule has 2 aromatic carbocycles. The number of pyridine rings is 1. The molecule has 0 fully saturated rings. The van der Waals surface area contributed by atoms with Crippen molar-refractivity contribution in [3.05, 3.63) is 95.1 Å². The smallest absolute Gasteiger partial charge is 0.123 e. The van der Waals surface area contributed by atoms with Crippen LogP contribution in [0.1, 0.15) is 34.6 Å². The summed E-state index contributed by atoms with van der Waals surface area (Å²) in [5.41, 5.74) is 7.57. The van der Waals surface area contributed by atoms with Crippen molar-refractivity contribution >= 4 is 11.0 Å². The number of aromatic nitrogens is 3. The fourth-order valence-corrected chi connectivity index (χ4v) is 4.88. The quantitative estimate of drug-likeness (QED) is 0.481. The standard InChI is InChI=1S/C27H31N5/c1-28-17-20-9-11-21(12-10-20)18-32(23-14-13-22-6-5-15-29-25(22)16-23)19-27-30-24-7-3-4-8-26(24)31(27)2/h3-12,15,23,28H,13-14,16-19H2,1-2H3. The number of hydrogen-bond donors (Lipinski definition) is 1. The van der Waals surface area contributed by atoms with E-state index in [9.17, 15) is 0 Å². The summed E-state index contributed by atoms with van der Waals surface area (Å²) in [7, 11) is 4.12. The maximum absolute atomic E-state index is 4.97. The molecule has 4 aromatic rings. The minimum atomic E-state index is 0.453. The topological polar surface area (TPSA) is 46.0 Å². The number of rotatable bonds is 7. The molecule has 5 heteroatoms. The summed E-state index contributed by atoms with van der Waals surface area (Å²) in [5, 5.41) is 3.23. The van der Waals surface area contributed by atoms with E-state index >= 15 is 0 Å². The third kappa shape index (κ3) is 4.31. The second-order valence-corrected chi connectivity index (χ2v) is 8.83. The van der Waals surface area contributed by atoms with Crippen molar-refractivity contribution in [2.75, 3.05) is 7.05 Å². The van der Waals surface area contributed by atoms with Crippen molar-refractivity contribution in [3.63, 3.8) is 0 Å². The zero-order valence-electron chi connectivity index (χ0n) is 19.0. The summed E-state index contributed by atoms with van der Waals surface area (Å²) >= 11 is 0. The molecule has 5 nitrogen and oxygen atoms in total. The highest BCUT2D eigenvalue weighted by molar-refractivity contribution is 5.75. The van der Waals surface area contributed by atoms with Crippen molar-refractivity contribution in [2.45, 2.75) is 44.9 Å². The Balaban J connectivity index is 1.43. The summed E-state index contributed by atoms with van der Waals surface area (Å²) in [6, 6.07) is 22.1. The maximum atomic E-state index is 4.97. The fourth-order valence-electron chi connectivity index (χ4n) is 4.88. The Kier molecular flexibility index (Phi) is 6.02.